The van der Waals surface area contributed by atoms with E-state index in [1.165, 1.54) is 12.1 Å². The number of hydrogen-bond acceptors (Lipinski definition) is 3. The Morgan fingerprint density at radius 2 is 1.84 bits per heavy atom. The van der Waals surface area contributed by atoms with Gasteiger partial charge in [0.2, 0.25) is 0 Å². The number of carbonyl (C=O) groups is 1. The van der Waals surface area contributed by atoms with Crippen LogP contribution in [0.1, 0.15) is 15.9 Å². The first-order valence-corrected chi connectivity index (χ1v) is 5.69. The number of nitro benzene ring substituents is 1. The molecule has 0 fully saturated rings. The highest BCUT2D eigenvalue weighted by Gasteiger charge is 2.16. The largest absolute Gasteiger partial charge is 0.316 e. The highest BCUT2D eigenvalue weighted by molar-refractivity contribution is 6.05. The normalized spacial score (nSPS) is 9.95. The zero-order valence-electron chi connectivity index (χ0n) is 10.3. The lowest BCUT2D eigenvalue weighted by Crippen LogP contribution is -2.13. The van der Waals surface area contributed by atoms with Crippen molar-refractivity contribution in [3.63, 3.8) is 0 Å². The molecule has 5 heteroatoms. The van der Waals surface area contributed by atoms with Crippen molar-refractivity contribution in [2.75, 3.05) is 5.32 Å². The fraction of sp³-hybridized carbons (Fsp3) is 0.0714. The molecular formula is C14H12N2O3. The third-order valence-corrected chi connectivity index (χ3v) is 2.63. The van der Waals surface area contributed by atoms with Crippen molar-refractivity contribution >= 4 is 17.3 Å². The van der Waals surface area contributed by atoms with Crippen LogP contribution in [0.5, 0.6) is 0 Å². The van der Waals surface area contributed by atoms with E-state index in [-0.39, 0.29) is 17.3 Å². The average Bonchev–Trinajstić information content (AvgIpc) is 2.41. The Morgan fingerprint density at radius 3 is 2.47 bits per heavy atom. The molecule has 0 saturated heterocycles. The van der Waals surface area contributed by atoms with E-state index < -0.39 is 4.92 Å². The lowest BCUT2D eigenvalue weighted by atomic mass is 10.1. The van der Waals surface area contributed by atoms with E-state index in [2.05, 4.69) is 5.32 Å². The minimum Gasteiger partial charge on any atom is -0.316 e. The maximum Gasteiger partial charge on any atom is 0.293 e. The Labute approximate surface area is 110 Å². The van der Waals surface area contributed by atoms with Gasteiger partial charge in [0.15, 0.2) is 0 Å². The quantitative estimate of drug-likeness (QED) is 0.677. The van der Waals surface area contributed by atoms with Gasteiger partial charge in [-0.1, -0.05) is 24.3 Å². The number of nitrogens with one attached hydrogen (secondary N) is 1. The first-order valence-electron chi connectivity index (χ1n) is 5.69. The number of amides is 1. The minimum absolute atomic E-state index is 0.107. The molecule has 1 amide bonds. The van der Waals surface area contributed by atoms with Gasteiger partial charge in [0.25, 0.3) is 11.6 Å². The van der Waals surface area contributed by atoms with Crippen LogP contribution in [0.15, 0.2) is 48.5 Å². The number of nitro groups is 1. The average molecular weight is 256 g/mol. The van der Waals surface area contributed by atoms with Crippen LogP contribution in [0.2, 0.25) is 0 Å². The minimum atomic E-state index is -0.506. The smallest absolute Gasteiger partial charge is 0.293 e. The Kier molecular flexibility index (Phi) is 3.56. The molecule has 0 heterocycles. The molecule has 2 rings (SSSR count). The van der Waals surface area contributed by atoms with E-state index in [4.69, 9.17) is 0 Å². The Balaban J connectivity index is 2.29. The second-order valence-corrected chi connectivity index (χ2v) is 4.10. The van der Waals surface area contributed by atoms with Crippen molar-refractivity contribution in [3.05, 3.63) is 69.8 Å². The third-order valence-electron chi connectivity index (χ3n) is 2.63. The van der Waals surface area contributed by atoms with Gasteiger partial charge in [-0.15, -0.1) is 0 Å². The van der Waals surface area contributed by atoms with Gasteiger partial charge in [-0.25, -0.2) is 0 Å². The van der Waals surface area contributed by atoms with Crippen LogP contribution < -0.4 is 5.32 Å². The summed E-state index contributed by atoms with van der Waals surface area (Å²) >= 11 is 0. The Bertz CT molecular complexity index is 624. The number of aryl methyl sites for hydroxylation is 1. The number of hydrogen-bond donors (Lipinski definition) is 1. The van der Waals surface area contributed by atoms with Crippen LogP contribution in [0, 0.1) is 17.0 Å². The van der Waals surface area contributed by atoms with Gasteiger partial charge in [0, 0.05) is 11.6 Å². The van der Waals surface area contributed by atoms with Crippen LogP contribution in [-0.4, -0.2) is 10.8 Å². The number of carbonyl (C=O) groups excluding carboxylic acids is 1. The first kappa shape index (κ1) is 12.8. The van der Waals surface area contributed by atoms with Gasteiger partial charge in [-0.2, -0.15) is 0 Å². The van der Waals surface area contributed by atoms with Crippen molar-refractivity contribution < 1.29 is 9.72 Å². The maximum atomic E-state index is 11.9. The Hall–Kier alpha value is -2.69. The topological polar surface area (TPSA) is 72.2 Å². The molecule has 0 aliphatic rings. The van der Waals surface area contributed by atoms with Crippen LogP contribution in [0.4, 0.5) is 11.4 Å². The molecule has 0 aromatic heterocycles. The van der Waals surface area contributed by atoms with E-state index >= 15 is 0 Å². The number of anilines is 1. The molecule has 0 radical (unpaired) electrons. The number of benzene rings is 2. The van der Waals surface area contributed by atoms with Crippen LogP contribution >= 0.6 is 0 Å². The second-order valence-electron chi connectivity index (χ2n) is 4.10. The van der Waals surface area contributed by atoms with E-state index in [0.29, 0.717) is 5.56 Å². The summed E-state index contributed by atoms with van der Waals surface area (Å²) in [6, 6.07) is 13.2. The maximum absolute atomic E-state index is 11.9. The van der Waals surface area contributed by atoms with Crippen molar-refractivity contribution in [2.24, 2.45) is 0 Å². The molecule has 0 aliphatic heterocycles. The van der Waals surface area contributed by atoms with Crippen LogP contribution in [0.3, 0.4) is 0 Å². The third kappa shape index (κ3) is 2.95. The zero-order valence-corrected chi connectivity index (χ0v) is 10.3. The zero-order chi connectivity index (χ0) is 13.8. The molecule has 0 spiro atoms. The molecule has 0 unspecified atom stereocenters. The molecule has 19 heavy (non-hydrogen) atoms. The van der Waals surface area contributed by atoms with Crippen molar-refractivity contribution in [1.82, 2.24) is 0 Å². The number of nitrogens with zero attached hydrogens (tertiary/aromatic N) is 1. The molecule has 2 aromatic carbocycles. The molecule has 0 saturated carbocycles. The fourth-order valence-electron chi connectivity index (χ4n) is 1.68. The highest BCUT2D eigenvalue weighted by Crippen LogP contribution is 2.25. The standard InChI is InChI=1S/C14H12N2O3/c1-10-7-8-12(13(9-10)16(18)19)15-14(17)11-5-3-2-4-6-11/h2-9H,1H3,(H,15,17). The molecule has 96 valence electrons. The summed E-state index contributed by atoms with van der Waals surface area (Å²) in [7, 11) is 0. The van der Waals surface area contributed by atoms with Gasteiger partial charge in [0.05, 0.1) is 4.92 Å². The lowest BCUT2D eigenvalue weighted by molar-refractivity contribution is -0.384. The van der Waals surface area contributed by atoms with E-state index in [1.807, 2.05) is 0 Å². The van der Waals surface area contributed by atoms with Crippen molar-refractivity contribution in [3.8, 4) is 0 Å². The summed E-state index contributed by atoms with van der Waals surface area (Å²) in [5.74, 6) is -0.368. The van der Waals surface area contributed by atoms with E-state index in [0.717, 1.165) is 5.56 Å². The highest BCUT2D eigenvalue weighted by atomic mass is 16.6. The Morgan fingerprint density at radius 1 is 1.16 bits per heavy atom. The molecular weight excluding hydrogens is 244 g/mol. The summed E-state index contributed by atoms with van der Waals surface area (Å²) in [4.78, 5) is 22.4. The summed E-state index contributed by atoms with van der Waals surface area (Å²) < 4.78 is 0. The second kappa shape index (κ2) is 5.30. The predicted molar refractivity (Wildman–Crippen MR) is 72.2 cm³/mol. The van der Waals surface area contributed by atoms with Gasteiger partial charge in [-0.3, -0.25) is 14.9 Å². The molecule has 5 nitrogen and oxygen atoms in total. The lowest BCUT2D eigenvalue weighted by Gasteiger charge is -2.06. The molecule has 1 N–H and O–H groups in total. The molecule has 0 aliphatic carbocycles. The predicted octanol–water partition coefficient (Wildman–Crippen LogP) is 3.16. The fourth-order valence-corrected chi connectivity index (χ4v) is 1.68. The molecule has 0 atom stereocenters. The van der Waals surface area contributed by atoms with Gasteiger partial charge < -0.3 is 5.32 Å². The van der Waals surface area contributed by atoms with E-state index in [1.54, 1.807) is 43.3 Å². The number of rotatable bonds is 3. The van der Waals surface area contributed by atoms with Crippen molar-refractivity contribution in [2.45, 2.75) is 6.92 Å². The summed E-state index contributed by atoms with van der Waals surface area (Å²) in [5, 5.41) is 13.5. The molecule has 2 aromatic rings. The van der Waals surface area contributed by atoms with Crippen LogP contribution in [0.25, 0.3) is 0 Å². The van der Waals surface area contributed by atoms with Gasteiger partial charge >= 0.3 is 0 Å². The SMILES string of the molecule is Cc1ccc(NC(=O)c2ccccc2)c([N+](=O)[O-])c1. The van der Waals surface area contributed by atoms with Crippen molar-refractivity contribution in [1.29, 1.82) is 0 Å². The van der Waals surface area contributed by atoms with Gasteiger partial charge in [-0.05, 0) is 30.7 Å². The summed E-state index contributed by atoms with van der Waals surface area (Å²) in [6.45, 7) is 1.76. The summed E-state index contributed by atoms with van der Waals surface area (Å²) in [6.07, 6.45) is 0. The van der Waals surface area contributed by atoms with E-state index in [9.17, 15) is 14.9 Å². The van der Waals surface area contributed by atoms with Crippen LogP contribution in [-0.2, 0) is 0 Å². The first-order chi connectivity index (χ1) is 9.08. The molecule has 0 bridgehead atoms. The van der Waals surface area contributed by atoms with Gasteiger partial charge in [0.1, 0.15) is 5.69 Å². The monoisotopic (exact) mass is 256 g/mol. The summed E-state index contributed by atoms with van der Waals surface area (Å²) in [5.41, 5.74) is 1.32.